The second kappa shape index (κ2) is 10.1. The average Bonchev–Trinajstić information content (AvgIpc) is 3.20. The Morgan fingerprint density at radius 2 is 1.79 bits per heavy atom. The van der Waals surface area contributed by atoms with Crippen molar-refractivity contribution in [1.82, 2.24) is 14.1 Å². The Balaban J connectivity index is 1.73. The normalized spacial score (nSPS) is 11.0. The molecule has 0 bridgehead atoms. The predicted octanol–water partition coefficient (Wildman–Crippen LogP) is 3.55. The van der Waals surface area contributed by atoms with Gasteiger partial charge in [0.2, 0.25) is 5.91 Å². The molecular weight excluding hydrogens is 420 g/mol. The van der Waals surface area contributed by atoms with Gasteiger partial charge in [0.15, 0.2) is 0 Å². The SMILES string of the molecule is COCCCn1cnc2c(-c3ccccc3)cn(CC(=O)Nc3ccccc3OC)c2c1=O. The van der Waals surface area contributed by atoms with Gasteiger partial charge in [-0.3, -0.25) is 14.2 Å². The number of anilines is 1. The molecule has 0 saturated carbocycles. The Hall–Kier alpha value is -3.91. The number of methoxy groups -OCH3 is 2. The average molecular weight is 447 g/mol. The summed E-state index contributed by atoms with van der Waals surface area (Å²) in [6.45, 7) is 0.983. The fourth-order valence-electron chi connectivity index (χ4n) is 3.80. The third kappa shape index (κ3) is 4.80. The van der Waals surface area contributed by atoms with E-state index in [1.54, 1.807) is 41.8 Å². The van der Waals surface area contributed by atoms with Gasteiger partial charge in [-0.1, -0.05) is 42.5 Å². The van der Waals surface area contributed by atoms with Crippen LogP contribution >= 0.6 is 0 Å². The van der Waals surface area contributed by atoms with E-state index < -0.39 is 0 Å². The van der Waals surface area contributed by atoms with E-state index in [0.717, 1.165) is 11.1 Å². The molecule has 0 fully saturated rings. The van der Waals surface area contributed by atoms with Gasteiger partial charge in [-0.05, 0) is 24.1 Å². The van der Waals surface area contributed by atoms with Gasteiger partial charge >= 0.3 is 0 Å². The van der Waals surface area contributed by atoms with Crippen molar-refractivity contribution in [3.05, 3.63) is 77.5 Å². The van der Waals surface area contributed by atoms with Crippen LogP contribution in [0.2, 0.25) is 0 Å². The topological polar surface area (TPSA) is 87.4 Å². The number of nitrogens with zero attached hydrogens (tertiary/aromatic N) is 3. The largest absolute Gasteiger partial charge is 0.495 e. The minimum absolute atomic E-state index is 0.0413. The summed E-state index contributed by atoms with van der Waals surface area (Å²) in [5, 5.41) is 2.87. The molecule has 1 N–H and O–H groups in total. The Morgan fingerprint density at radius 1 is 1.03 bits per heavy atom. The molecular formula is C25H26N4O4. The predicted molar refractivity (Wildman–Crippen MR) is 128 cm³/mol. The van der Waals surface area contributed by atoms with Crippen LogP contribution in [-0.2, 0) is 22.6 Å². The quantitative estimate of drug-likeness (QED) is 0.397. The molecule has 170 valence electrons. The molecule has 4 aromatic rings. The lowest BCUT2D eigenvalue weighted by molar-refractivity contribution is -0.116. The molecule has 0 aliphatic rings. The molecule has 8 heteroatoms. The van der Waals surface area contributed by atoms with E-state index in [2.05, 4.69) is 10.3 Å². The molecule has 8 nitrogen and oxygen atoms in total. The van der Waals surface area contributed by atoms with Gasteiger partial charge in [-0.2, -0.15) is 0 Å². The van der Waals surface area contributed by atoms with E-state index in [-0.39, 0.29) is 18.0 Å². The van der Waals surface area contributed by atoms with Gasteiger partial charge in [-0.25, -0.2) is 4.98 Å². The van der Waals surface area contributed by atoms with E-state index in [4.69, 9.17) is 9.47 Å². The molecule has 0 aliphatic carbocycles. The summed E-state index contributed by atoms with van der Waals surface area (Å²) in [6.07, 6.45) is 4.06. The third-order valence-corrected chi connectivity index (χ3v) is 5.37. The summed E-state index contributed by atoms with van der Waals surface area (Å²) in [5.74, 6) is 0.292. The lowest BCUT2D eigenvalue weighted by atomic mass is 10.1. The molecule has 0 atom stereocenters. The highest BCUT2D eigenvalue weighted by Crippen LogP contribution is 2.28. The highest BCUT2D eigenvalue weighted by atomic mass is 16.5. The highest BCUT2D eigenvalue weighted by Gasteiger charge is 2.18. The van der Waals surface area contributed by atoms with Gasteiger partial charge in [0, 0.05) is 32.0 Å². The number of hydrogen-bond donors (Lipinski definition) is 1. The first kappa shape index (κ1) is 22.3. The van der Waals surface area contributed by atoms with Crippen molar-refractivity contribution < 1.29 is 14.3 Å². The number of rotatable bonds is 9. The molecule has 4 rings (SSSR count). The van der Waals surface area contributed by atoms with Crippen LogP contribution in [0.15, 0.2) is 71.9 Å². The number of benzene rings is 2. The summed E-state index contributed by atoms with van der Waals surface area (Å²) in [6, 6.07) is 16.9. The van der Waals surface area contributed by atoms with Crippen molar-refractivity contribution in [3.8, 4) is 16.9 Å². The molecule has 0 aliphatic heterocycles. The summed E-state index contributed by atoms with van der Waals surface area (Å²) < 4.78 is 13.6. The molecule has 33 heavy (non-hydrogen) atoms. The van der Waals surface area contributed by atoms with Crippen molar-refractivity contribution in [2.75, 3.05) is 26.1 Å². The summed E-state index contributed by atoms with van der Waals surface area (Å²) in [4.78, 5) is 30.8. The van der Waals surface area contributed by atoms with Crippen LogP contribution in [0.4, 0.5) is 5.69 Å². The molecule has 0 radical (unpaired) electrons. The molecule has 2 aromatic carbocycles. The van der Waals surface area contributed by atoms with Crippen molar-refractivity contribution in [1.29, 1.82) is 0 Å². The number of carbonyl (C=O) groups excluding carboxylic acids is 1. The lowest BCUT2D eigenvalue weighted by Crippen LogP contribution is -2.25. The maximum Gasteiger partial charge on any atom is 0.277 e. The zero-order chi connectivity index (χ0) is 23.2. The summed E-state index contributed by atoms with van der Waals surface area (Å²) in [5.41, 5.74) is 3.07. The standard InChI is InChI=1S/C25H26N4O4/c1-32-14-8-13-28-17-26-23-19(18-9-4-3-5-10-18)15-29(24(23)25(28)31)16-22(30)27-20-11-6-7-12-21(20)33-2/h3-7,9-12,15,17H,8,13-14,16H2,1-2H3,(H,27,30). The van der Waals surface area contributed by atoms with Crippen LogP contribution in [0, 0.1) is 0 Å². The molecule has 0 spiro atoms. The van der Waals surface area contributed by atoms with Crippen LogP contribution < -0.4 is 15.6 Å². The first-order valence-corrected chi connectivity index (χ1v) is 10.7. The molecule has 0 unspecified atom stereocenters. The minimum atomic E-state index is -0.273. The smallest absolute Gasteiger partial charge is 0.277 e. The number of carbonyl (C=O) groups is 1. The summed E-state index contributed by atoms with van der Waals surface area (Å²) in [7, 11) is 3.18. The number of para-hydroxylation sites is 2. The van der Waals surface area contributed by atoms with E-state index in [9.17, 15) is 9.59 Å². The fourth-order valence-corrected chi connectivity index (χ4v) is 3.80. The van der Waals surface area contributed by atoms with Gasteiger partial charge < -0.3 is 19.4 Å². The van der Waals surface area contributed by atoms with Gasteiger partial charge in [-0.15, -0.1) is 0 Å². The van der Waals surface area contributed by atoms with Crippen LogP contribution in [0.25, 0.3) is 22.2 Å². The molecule has 1 amide bonds. The Labute approximate surface area is 191 Å². The van der Waals surface area contributed by atoms with Gasteiger partial charge in [0.25, 0.3) is 5.56 Å². The maximum atomic E-state index is 13.3. The number of hydrogen-bond acceptors (Lipinski definition) is 5. The Bertz CT molecular complexity index is 1310. The second-order valence-corrected chi connectivity index (χ2v) is 7.57. The van der Waals surface area contributed by atoms with Crippen molar-refractivity contribution in [3.63, 3.8) is 0 Å². The highest BCUT2D eigenvalue weighted by molar-refractivity contribution is 5.96. The first-order chi connectivity index (χ1) is 16.1. The number of amides is 1. The molecule has 0 saturated heterocycles. The number of ether oxygens (including phenoxy) is 2. The Kier molecular flexibility index (Phi) is 6.85. The number of aromatic nitrogens is 3. The monoisotopic (exact) mass is 446 g/mol. The van der Waals surface area contributed by atoms with E-state index >= 15 is 0 Å². The zero-order valence-corrected chi connectivity index (χ0v) is 18.7. The van der Waals surface area contributed by atoms with Gasteiger partial charge in [0.1, 0.15) is 23.3 Å². The minimum Gasteiger partial charge on any atom is -0.495 e. The third-order valence-electron chi connectivity index (χ3n) is 5.37. The number of aryl methyl sites for hydroxylation is 1. The van der Waals surface area contributed by atoms with Crippen LogP contribution in [0.3, 0.4) is 0 Å². The van der Waals surface area contributed by atoms with Crippen molar-refractivity contribution >= 4 is 22.6 Å². The zero-order valence-electron chi connectivity index (χ0n) is 18.7. The Morgan fingerprint density at radius 3 is 2.55 bits per heavy atom. The molecule has 2 aromatic heterocycles. The van der Waals surface area contributed by atoms with Crippen LogP contribution in [0.1, 0.15) is 6.42 Å². The maximum absolute atomic E-state index is 13.3. The lowest BCUT2D eigenvalue weighted by Gasteiger charge is -2.11. The number of nitrogens with one attached hydrogen (secondary N) is 1. The van der Waals surface area contributed by atoms with Crippen LogP contribution in [-0.4, -0.2) is 40.9 Å². The van der Waals surface area contributed by atoms with Crippen molar-refractivity contribution in [2.45, 2.75) is 19.5 Å². The second-order valence-electron chi connectivity index (χ2n) is 7.57. The van der Waals surface area contributed by atoms with E-state index in [1.807, 2.05) is 48.7 Å². The van der Waals surface area contributed by atoms with Gasteiger partial charge in [0.05, 0.1) is 19.1 Å². The van der Waals surface area contributed by atoms with Crippen molar-refractivity contribution in [2.24, 2.45) is 0 Å². The summed E-state index contributed by atoms with van der Waals surface area (Å²) >= 11 is 0. The molecule has 2 heterocycles. The first-order valence-electron chi connectivity index (χ1n) is 10.7. The van der Waals surface area contributed by atoms with E-state index in [0.29, 0.717) is 42.0 Å². The van der Waals surface area contributed by atoms with E-state index in [1.165, 1.54) is 0 Å². The number of fused-ring (bicyclic) bond motifs is 1. The van der Waals surface area contributed by atoms with Crippen LogP contribution in [0.5, 0.6) is 5.75 Å². The fraction of sp³-hybridized carbons (Fsp3) is 0.240.